The molecule has 0 aromatic heterocycles. The summed E-state index contributed by atoms with van der Waals surface area (Å²) in [6.45, 7) is 7.13. The first-order chi connectivity index (χ1) is 18.8. The number of rotatable bonds is 7. The van der Waals surface area contributed by atoms with Gasteiger partial charge in [0.15, 0.2) is 0 Å². The van der Waals surface area contributed by atoms with Crippen molar-refractivity contribution in [3.8, 4) is 11.1 Å². The van der Waals surface area contributed by atoms with Crippen LogP contribution in [0.15, 0.2) is 47.0 Å². The van der Waals surface area contributed by atoms with Crippen molar-refractivity contribution in [3.63, 3.8) is 0 Å². The standard InChI is InChI=1S/C28H32ClN5O6/c1-5-10-34(15-23(30)35)25(36)18-12-17-11-16(20-8-7-19(14-21(20)29)31-26(37)38)6-9-22(17)32-24(13-18)33-27(39)40-28(2,3)4/h6-9,11-12,14,31H,5,10,13,15H2,1-4H3,(H2,30,35)(H,37,38)(H,32,33,39). The van der Waals surface area contributed by atoms with Gasteiger partial charge in [-0.25, -0.2) is 14.6 Å². The van der Waals surface area contributed by atoms with Crippen molar-refractivity contribution < 1.29 is 29.0 Å². The number of primary amides is 1. The number of benzene rings is 2. The van der Waals surface area contributed by atoms with Crippen LogP contribution in [0.3, 0.4) is 0 Å². The third kappa shape index (κ3) is 8.31. The van der Waals surface area contributed by atoms with Crippen molar-refractivity contribution in [2.75, 3.05) is 18.4 Å². The Kier molecular flexibility index (Phi) is 9.54. The van der Waals surface area contributed by atoms with Gasteiger partial charge >= 0.3 is 12.2 Å². The molecule has 5 N–H and O–H groups in total. The molecule has 1 aliphatic rings. The average molecular weight is 570 g/mol. The minimum absolute atomic E-state index is 0.0304. The molecule has 2 aromatic rings. The number of nitrogens with one attached hydrogen (secondary N) is 2. The highest BCUT2D eigenvalue weighted by Crippen LogP contribution is 2.35. The summed E-state index contributed by atoms with van der Waals surface area (Å²) in [7, 11) is 0. The molecule has 0 bridgehead atoms. The van der Waals surface area contributed by atoms with Crippen LogP contribution in [-0.4, -0.2) is 58.5 Å². The van der Waals surface area contributed by atoms with Crippen LogP contribution in [0, 0.1) is 0 Å². The first-order valence-corrected chi connectivity index (χ1v) is 12.9. The van der Waals surface area contributed by atoms with Gasteiger partial charge in [0.1, 0.15) is 11.4 Å². The summed E-state index contributed by atoms with van der Waals surface area (Å²) in [6.07, 6.45) is 0.305. The Labute approximate surface area is 237 Å². The molecule has 12 heteroatoms. The topological polar surface area (TPSA) is 163 Å². The molecular weight excluding hydrogens is 538 g/mol. The second-order valence-corrected chi connectivity index (χ2v) is 10.5. The summed E-state index contributed by atoms with van der Waals surface area (Å²) in [4.78, 5) is 54.7. The van der Waals surface area contributed by atoms with Gasteiger partial charge in [-0.15, -0.1) is 0 Å². The summed E-state index contributed by atoms with van der Waals surface area (Å²) >= 11 is 6.46. The van der Waals surface area contributed by atoms with E-state index in [2.05, 4.69) is 15.6 Å². The zero-order valence-electron chi connectivity index (χ0n) is 22.7. The summed E-state index contributed by atoms with van der Waals surface area (Å²) in [5.41, 5.74) is 7.61. The van der Waals surface area contributed by atoms with Crippen molar-refractivity contribution in [2.24, 2.45) is 10.7 Å². The van der Waals surface area contributed by atoms with Gasteiger partial charge in [0, 0.05) is 35.4 Å². The Morgan fingerprint density at radius 2 is 1.85 bits per heavy atom. The molecule has 0 spiro atoms. The van der Waals surface area contributed by atoms with E-state index in [0.717, 1.165) is 0 Å². The van der Waals surface area contributed by atoms with Gasteiger partial charge in [-0.3, -0.25) is 20.2 Å². The number of aliphatic imine (C=N–C) groups is 1. The van der Waals surface area contributed by atoms with E-state index in [1.807, 2.05) is 6.92 Å². The smallest absolute Gasteiger partial charge is 0.413 e. The third-order valence-electron chi connectivity index (χ3n) is 5.55. The lowest BCUT2D eigenvalue weighted by Crippen LogP contribution is -2.41. The number of hydrogen-bond donors (Lipinski definition) is 4. The van der Waals surface area contributed by atoms with Crippen LogP contribution in [0.4, 0.5) is 21.0 Å². The fourth-order valence-corrected chi connectivity index (χ4v) is 4.33. The van der Waals surface area contributed by atoms with Gasteiger partial charge in [0.25, 0.3) is 5.91 Å². The number of amides is 4. The van der Waals surface area contributed by atoms with Crippen LogP contribution in [0.25, 0.3) is 17.2 Å². The first-order valence-electron chi connectivity index (χ1n) is 12.6. The van der Waals surface area contributed by atoms with Crippen LogP contribution in [0.1, 0.15) is 46.1 Å². The predicted molar refractivity (Wildman–Crippen MR) is 154 cm³/mol. The second-order valence-electron chi connectivity index (χ2n) is 10.1. The van der Waals surface area contributed by atoms with E-state index >= 15 is 0 Å². The molecule has 0 saturated heterocycles. The molecule has 0 fully saturated rings. The van der Waals surface area contributed by atoms with Crippen LogP contribution in [-0.2, 0) is 14.3 Å². The summed E-state index contributed by atoms with van der Waals surface area (Å²) in [5, 5.41) is 14.2. The minimum Gasteiger partial charge on any atom is -0.465 e. The number of hydrogen-bond acceptors (Lipinski definition) is 6. The highest BCUT2D eigenvalue weighted by molar-refractivity contribution is 6.33. The van der Waals surface area contributed by atoms with E-state index in [9.17, 15) is 19.2 Å². The van der Waals surface area contributed by atoms with E-state index in [1.54, 1.807) is 57.2 Å². The molecule has 4 amide bonds. The molecule has 2 aromatic carbocycles. The number of nitrogens with zero attached hydrogens (tertiary/aromatic N) is 2. The van der Waals surface area contributed by atoms with Crippen molar-refractivity contribution in [1.82, 2.24) is 10.2 Å². The largest absolute Gasteiger partial charge is 0.465 e. The lowest BCUT2D eigenvalue weighted by Gasteiger charge is -2.23. The molecule has 0 unspecified atom stereocenters. The van der Waals surface area contributed by atoms with Gasteiger partial charge in [-0.1, -0.05) is 30.7 Å². The number of halogens is 1. The number of carbonyl (C=O) groups is 4. The van der Waals surface area contributed by atoms with Crippen LogP contribution < -0.4 is 16.4 Å². The maximum absolute atomic E-state index is 13.6. The monoisotopic (exact) mass is 569 g/mol. The quantitative estimate of drug-likeness (QED) is 0.359. The second kappa shape index (κ2) is 12.6. The average Bonchev–Trinajstić information content (AvgIpc) is 3.00. The zero-order chi connectivity index (χ0) is 29.6. The Morgan fingerprint density at radius 1 is 1.12 bits per heavy atom. The van der Waals surface area contributed by atoms with Crippen LogP contribution >= 0.6 is 11.6 Å². The molecule has 1 aliphatic heterocycles. The number of carbonyl (C=O) groups excluding carboxylic acids is 3. The molecular formula is C28H32ClN5O6. The van der Waals surface area contributed by atoms with Gasteiger partial charge in [-0.05, 0) is 63.1 Å². The Hall–Kier alpha value is -4.38. The third-order valence-corrected chi connectivity index (χ3v) is 5.86. The minimum atomic E-state index is -1.21. The van der Waals surface area contributed by atoms with Crippen molar-refractivity contribution >= 4 is 58.9 Å². The number of nitrogens with two attached hydrogens (primary N) is 1. The molecule has 3 rings (SSSR count). The molecule has 11 nitrogen and oxygen atoms in total. The van der Waals surface area contributed by atoms with E-state index < -0.39 is 29.6 Å². The maximum Gasteiger partial charge on any atom is 0.413 e. The van der Waals surface area contributed by atoms with Gasteiger partial charge in [0.2, 0.25) is 5.91 Å². The zero-order valence-corrected chi connectivity index (χ0v) is 23.5. The molecule has 1 heterocycles. The SMILES string of the molecule is CCCN(CC(N)=O)C(=O)C1=Cc2cc(-c3ccc(NC(=O)O)cc3Cl)ccc2N=C(NC(=O)OC(C)(C)C)C1. The molecule has 212 valence electrons. The fourth-order valence-electron chi connectivity index (χ4n) is 4.04. The first kappa shape index (κ1) is 30.2. The van der Waals surface area contributed by atoms with E-state index in [0.29, 0.717) is 46.1 Å². The van der Waals surface area contributed by atoms with Crippen LogP contribution in [0.5, 0.6) is 0 Å². The van der Waals surface area contributed by atoms with Crippen molar-refractivity contribution in [3.05, 3.63) is 52.6 Å². The summed E-state index contributed by atoms with van der Waals surface area (Å²) in [5.74, 6) is -0.868. The highest BCUT2D eigenvalue weighted by Gasteiger charge is 2.25. The number of fused-ring (bicyclic) bond motifs is 1. The highest BCUT2D eigenvalue weighted by atomic mass is 35.5. The van der Waals surface area contributed by atoms with Crippen molar-refractivity contribution in [2.45, 2.75) is 46.1 Å². The number of carboxylic acid groups (broad SMARTS) is 1. The predicted octanol–water partition coefficient (Wildman–Crippen LogP) is 5.16. The Morgan fingerprint density at radius 3 is 2.45 bits per heavy atom. The van der Waals surface area contributed by atoms with Crippen LogP contribution in [0.2, 0.25) is 5.02 Å². The normalized spacial score (nSPS) is 12.7. The number of amidine groups is 1. The van der Waals surface area contributed by atoms with E-state index in [-0.39, 0.29) is 24.4 Å². The van der Waals surface area contributed by atoms with Gasteiger partial charge in [0.05, 0.1) is 17.3 Å². The lowest BCUT2D eigenvalue weighted by atomic mass is 9.99. The van der Waals surface area contributed by atoms with E-state index in [4.69, 9.17) is 27.2 Å². The summed E-state index contributed by atoms with van der Waals surface area (Å²) < 4.78 is 5.36. The molecule has 40 heavy (non-hydrogen) atoms. The summed E-state index contributed by atoms with van der Waals surface area (Å²) in [6, 6.07) is 10.0. The van der Waals surface area contributed by atoms with Gasteiger partial charge < -0.3 is 20.5 Å². The maximum atomic E-state index is 13.6. The van der Waals surface area contributed by atoms with Gasteiger partial charge in [-0.2, -0.15) is 0 Å². The number of alkyl carbamates (subject to hydrolysis) is 1. The van der Waals surface area contributed by atoms with E-state index in [1.165, 1.54) is 11.0 Å². The molecule has 0 aliphatic carbocycles. The number of anilines is 1. The lowest BCUT2D eigenvalue weighted by molar-refractivity contribution is -0.132. The Balaban J connectivity index is 2.07. The van der Waals surface area contributed by atoms with Crippen molar-refractivity contribution in [1.29, 1.82) is 0 Å². The Bertz CT molecular complexity index is 1400. The molecule has 0 atom stereocenters. The number of ether oxygens (including phenoxy) is 1. The fraction of sp³-hybridized carbons (Fsp3) is 0.321. The molecule has 0 radical (unpaired) electrons. The molecule has 0 saturated carbocycles.